The summed E-state index contributed by atoms with van der Waals surface area (Å²) in [6.07, 6.45) is 10.9. The molecule has 2 heterocycles. The number of aromatic nitrogens is 2. The molecule has 0 bridgehead atoms. The fraction of sp³-hybridized carbons (Fsp3) is 0.800. The average Bonchev–Trinajstić information content (AvgIpc) is 2.79. The zero-order valence-electron chi connectivity index (χ0n) is 12.4. The molecule has 1 aliphatic rings. The second kappa shape index (κ2) is 7.65. The second-order valence-electron chi connectivity index (χ2n) is 5.87. The fourth-order valence-corrected chi connectivity index (χ4v) is 2.83. The molecule has 1 aromatic heterocycles. The molecule has 1 N–H and O–H groups in total. The van der Waals surface area contributed by atoms with Crippen LogP contribution in [0, 0.1) is 0 Å². The van der Waals surface area contributed by atoms with Crippen LogP contribution >= 0.6 is 0 Å². The van der Waals surface area contributed by atoms with E-state index in [0.29, 0.717) is 12.1 Å². The molecule has 0 saturated carbocycles. The highest BCUT2D eigenvalue weighted by Gasteiger charge is 2.17. The quantitative estimate of drug-likeness (QED) is 0.799. The normalized spacial score (nSPS) is 21.7. The van der Waals surface area contributed by atoms with Gasteiger partial charge in [0.2, 0.25) is 0 Å². The molecule has 4 nitrogen and oxygen atoms in total. The molecular formula is C15H28N4. The third-order valence-corrected chi connectivity index (χ3v) is 4.08. The summed E-state index contributed by atoms with van der Waals surface area (Å²) < 4.78 is 2.15. The van der Waals surface area contributed by atoms with E-state index >= 15 is 0 Å². The first-order valence-electron chi connectivity index (χ1n) is 7.69. The van der Waals surface area contributed by atoms with Gasteiger partial charge in [-0.2, -0.15) is 0 Å². The van der Waals surface area contributed by atoms with Crippen molar-refractivity contribution in [3.63, 3.8) is 0 Å². The standard InChI is InChI=1S/C15H28N4/c1-14(2)19-10-3-5-15(6-11-19)17-7-4-9-18-12-8-16-13-18/h8,12-15,17H,3-7,9-11H2,1-2H3. The topological polar surface area (TPSA) is 33.1 Å². The van der Waals surface area contributed by atoms with Gasteiger partial charge in [0.15, 0.2) is 0 Å². The highest BCUT2D eigenvalue weighted by Crippen LogP contribution is 2.13. The lowest BCUT2D eigenvalue weighted by atomic mass is 10.1. The van der Waals surface area contributed by atoms with E-state index in [0.717, 1.165) is 13.1 Å². The number of hydrogen-bond acceptors (Lipinski definition) is 3. The largest absolute Gasteiger partial charge is 0.337 e. The molecule has 0 radical (unpaired) electrons. The van der Waals surface area contributed by atoms with Crippen molar-refractivity contribution in [1.29, 1.82) is 0 Å². The third-order valence-electron chi connectivity index (χ3n) is 4.08. The van der Waals surface area contributed by atoms with E-state index in [1.165, 1.54) is 38.8 Å². The smallest absolute Gasteiger partial charge is 0.0945 e. The molecule has 1 saturated heterocycles. The zero-order chi connectivity index (χ0) is 13.5. The highest BCUT2D eigenvalue weighted by molar-refractivity contribution is 4.77. The average molecular weight is 264 g/mol. The summed E-state index contributed by atoms with van der Waals surface area (Å²) in [6.45, 7) is 9.31. The molecule has 0 amide bonds. The van der Waals surface area contributed by atoms with Gasteiger partial charge in [-0.15, -0.1) is 0 Å². The van der Waals surface area contributed by atoms with Crippen molar-refractivity contribution in [2.24, 2.45) is 0 Å². The summed E-state index contributed by atoms with van der Waals surface area (Å²) in [5, 5.41) is 3.72. The molecule has 2 rings (SSSR count). The Labute approximate surface area is 117 Å². The lowest BCUT2D eigenvalue weighted by Crippen LogP contribution is -2.34. The fourth-order valence-electron chi connectivity index (χ4n) is 2.83. The molecule has 19 heavy (non-hydrogen) atoms. The van der Waals surface area contributed by atoms with Crippen molar-refractivity contribution in [3.05, 3.63) is 18.7 Å². The Hall–Kier alpha value is -0.870. The van der Waals surface area contributed by atoms with Crippen LogP contribution in [-0.2, 0) is 6.54 Å². The number of nitrogens with one attached hydrogen (secondary N) is 1. The molecule has 4 heteroatoms. The van der Waals surface area contributed by atoms with Crippen LogP contribution in [0.3, 0.4) is 0 Å². The third kappa shape index (κ3) is 4.96. The second-order valence-corrected chi connectivity index (χ2v) is 5.87. The Balaban J connectivity index is 1.61. The number of nitrogens with zero attached hydrogens (tertiary/aromatic N) is 3. The summed E-state index contributed by atoms with van der Waals surface area (Å²) in [5.74, 6) is 0. The van der Waals surface area contributed by atoms with E-state index in [9.17, 15) is 0 Å². The molecule has 108 valence electrons. The summed E-state index contributed by atoms with van der Waals surface area (Å²) in [7, 11) is 0. The lowest BCUT2D eigenvalue weighted by molar-refractivity contribution is 0.229. The number of likely N-dealkylation sites (tertiary alicyclic amines) is 1. The van der Waals surface area contributed by atoms with Gasteiger partial charge < -0.3 is 14.8 Å². The summed E-state index contributed by atoms with van der Waals surface area (Å²) in [6, 6.07) is 1.41. The summed E-state index contributed by atoms with van der Waals surface area (Å²) >= 11 is 0. The molecule has 1 aliphatic heterocycles. The highest BCUT2D eigenvalue weighted by atomic mass is 15.1. The van der Waals surface area contributed by atoms with Gasteiger partial charge in [-0.25, -0.2) is 4.98 Å². The first kappa shape index (κ1) is 14.5. The Morgan fingerprint density at radius 2 is 2.21 bits per heavy atom. The molecule has 0 aromatic carbocycles. The van der Waals surface area contributed by atoms with Crippen LogP contribution in [0.2, 0.25) is 0 Å². The Morgan fingerprint density at radius 1 is 1.32 bits per heavy atom. The SMILES string of the molecule is CC(C)N1CCCC(NCCCn2ccnc2)CC1. The molecule has 1 unspecified atom stereocenters. The molecule has 0 aliphatic carbocycles. The molecule has 1 atom stereocenters. The van der Waals surface area contributed by atoms with Gasteiger partial charge in [0.05, 0.1) is 6.33 Å². The predicted molar refractivity (Wildman–Crippen MR) is 79.2 cm³/mol. The van der Waals surface area contributed by atoms with Gasteiger partial charge in [0.25, 0.3) is 0 Å². The van der Waals surface area contributed by atoms with Crippen molar-refractivity contribution in [1.82, 2.24) is 19.8 Å². The minimum atomic E-state index is 0.694. The van der Waals surface area contributed by atoms with Gasteiger partial charge in [-0.1, -0.05) is 0 Å². The number of aryl methyl sites for hydroxylation is 1. The Morgan fingerprint density at radius 3 is 2.95 bits per heavy atom. The number of rotatable bonds is 6. The van der Waals surface area contributed by atoms with E-state index in [1.54, 1.807) is 0 Å². The minimum Gasteiger partial charge on any atom is -0.337 e. The molecule has 1 aromatic rings. The lowest BCUT2D eigenvalue weighted by Gasteiger charge is -2.24. The zero-order valence-corrected chi connectivity index (χ0v) is 12.4. The molecule has 1 fully saturated rings. The summed E-state index contributed by atoms with van der Waals surface area (Å²) in [5.41, 5.74) is 0. The van der Waals surface area contributed by atoms with E-state index < -0.39 is 0 Å². The van der Waals surface area contributed by atoms with Gasteiger partial charge >= 0.3 is 0 Å². The van der Waals surface area contributed by atoms with Crippen LogP contribution in [0.4, 0.5) is 0 Å². The van der Waals surface area contributed by atoms with Crippen LogP contribution in [0.15, 0.2) is 18.7 Å². The van der Waals surface area contributed by atoms with Crippen molar-refractivity contribution in [2.45, 2.75) is 58.2 Å². The van der Waals surface area contributed by atoms with Crippen molar-refractivity contribution < 1.29 is 0 Å². The number of hydrogen-bond donors (Lipinski definition) is 1. The van der Waals surface area contributed by atoms with Gasteiger partial charge in [0, 0.05) is 31.0 Å². The Kier molecular flexibility index (Phi) is 5.86. The van der Waals surface area contributed by atoms with Crippen LogP contribution in [0.5, 0.6) is 0 Å². The van der Waals surface area contributed by atoms with Gasteiger partial charge in [-0.05, 0) is 59.2 Å². The maximum atomic E-state index is 4.06. The number of imidazole rings is 1. The van der Waals surface area contributed by atoms with Gasteiger partial charge in [-0.3, -0.25) is 0 Å². The van der Waals surface area contributed by atoms with Crippen LogP contribution in [-0.4, -0.2) is 46.2 Å². The van der Waals surface area contributed by atoms with E-state index in [-0.39, 0.29) is 0 Å². The minimum absolute atomic E-state index is 0.694. The van der Waals surface area contributed by atoms with E-state index in [1.807, 2.05) is 18.7 Å². The van der Waals surface area contributed by atoms with Crippen LogP contribution < -0.4 is 5.32 Å². The van der Waals surface area contributed by atoms with Crippen molar-refractivity contribution >= 4 is 0 Å². The molecular weight excluding hydrogens is 236 g/mol. The maximum absolute atomic E-state index is 4.06. The molecule has 0 spiro atoms. The van der Waals surface area contributed by atoms with Crippen molar-refractivity contribution in [2.75, 3.05) is 19.6 Å². The first-order chi connectivity index (χ1) is 9.25. The van der Waals surface area contributed by atoms with Crippen molar-refractivity contribution in [3.8, 4) is 0 Å². The maximum Gasteiger partial charge on any atom is 0.0945 e. The predicted octanol–water partition coefficient (Wildman–Crippen LogP) is 2.13. The van der Waals surface area contributed by atoms with Gasteiger partial charge in [0.1, 0.15) is 0 Å². The van der Waals surface area contributed by atoms with Crippen LogP contribution in [0.1, 0.15) is 39.5 Å². The van der Waals surface area contributed by atoms with E-state index in [4.69, 9.17) is 0 Å². The first-order valence-corrected chi connectivity index (χ1v) is 7.69. The van der Waals surface area contributed by atoms with E-state index in [2.05, 4.69) is 33.6 Å². The summed E-state index contributed by atoms with van der Waals surface area (Å²) in [4.78, 5) is 6.67. The monoisotopic (exact) mass is 264 g/mol. The Bertz CT molecular complexity index is 334. The van der Waals surface area contributed by atoms with Crippen LogP contribution in [0.25, 0.3) is 0 Å².